The Morgan fingerprint density at radius 3 is 2.66 bits per heavy atom. The maximum atomic E-state index is 12.0. The van der Waals surface area contributed by atoms with Crippen molar-refractivity contribution in [3.05, 3.63) is 89.2 Å². The third kappa shape index (κ3) is 4.91. The zero-order valence-corrected chi connectivity index (χ0v) is 17.9. The fourth-order valence-electron chi connectivity index (χ4n) is 3.89. The molecule has 6 heteroatoms. The van der Waals surface area contributed by atoms with Gasteiger partial charge in [0.25, 0.3) is 0 Å². The minimum Gasteiger partial charge on any atom is -0.489 e. The minimum absolute atomic E-state index is 0.0724. The Labute approximate surface area is 186 Å². The van der Waals surface area contributed by atoms with Gasteiger partial charge in [-0.3, -0.25) is 4.79 Å². The second kappa shape index (κ2) is 9.56. The number of hydrogen-bond donors (Lipinski definition) is 1. The monoisotopic (exact) mass is 431 g/mol. The van der Waals surface area contributed by atoms with E-state index in [4.69, 9.17) is 9.47 Å². The van der Waals surface area contributed by atoms with Crippen LogP contribution in [0.3, 0.4) is 0 Å². The number of aromatic nitrogens is 1. The summed E-state index contributed by atoms with van der Waals surface area (Å²) in [7, 11) is 0. The number of aliphatic carboxylic acids is 1. The number of allylic oxidation sites excluding steroid dienone is 3. The predicted octanol–water partition coefficient (Wildman–Crippen LogP) is 4.67. The van der Waals surface area contributed by atoms with Crippen molar-refractivity contribution in [3.63, 3.8) is 0 Å². The number of fused-ring (bicyclic) bond motifs is 1. The van der Waals surface area contributed by atoms with E-state index in [1.54, 1.807) is 13.0 Å². The van der Waals surface area contributed by atoms with Gasteiger partial charge in [-0.05, 0) is 41.8 Å². The van der Waals surface area contributed by atoms with Gasteiger partial charge in [0.2, 0.25) is 0 Å². The summed E-state index contributed by atoms with van der Waals surface area (Å²) >= 11 is 0. The maximum absolute atomic E-state index is 12.0. The highest BCUT2D eigenvalue weighted by Crippen LogP contribution is 2.30. The molecule has 0 saturated carbocycles. The topological polar surface area (TPSA) is 77.8 Å². The number of esters is 1. The largest absolute Gasteiger partial charge is 0.489 e. The zero-order valence-electron chi connectivity index (χ0n) is 17.9. The molecule has 0 radical (unpaired) electrons. The molecular formula is C26H25NO5. The van der Waals surface area contributed by atoms with E-state index < -0.39 is 5.97 Å². The number of rotatable bonds is 9. The molecule has 6 nitrogen and oxygen atoms in total. The van der Waals surface area contributed by atoms with Crippen LogP contribution in [0.5, 0.6) is 5.75 Å². The molecule has 3 aromatic rings. The lowest BCUT2D eigenvalue weighted by molar-refractivity contribution is -0.138. The fraction of sp³-hybridized carbons (Fsp3) is 0.231. The summed E-state index contributed by atoms with van der Waals surface area (Å²) in [4.78, 5) is 23.4. The lowest BCUT2D eigenvalue weighted by Gasteiger charge is -2.10. The Hall–Kier alpha value is -3.80. The van der Waals surface area contributed by atoms with Crippen LogP contribution in [0.25, 0.3) is 10.9 Å². The van der Waals surface area contributed by atoms with Crippen LogP contribution in [-0.4, -0.2) is 28.2 Å². The predicted molar refractivity (Wildman–Crippen MR) is 121 cm³/mol. The van der Waals surface area contributed by atoms with Crippen LogP contribution in [0.1, 0.15) is 24.5 Å². The summed E-state index contributed by atoms with van der Waals surface area (Å²) in [5.41, 5.74) is 4.43. The van der Waals surface area contributed by atoms with Gasteiger partial charge in [0.15, 0.2) is 0 Å². The molecule has 1 heterocycles. The first kappa shape index (κ1) is 21.4. The van der Waals surface area contributed by atoms with Crippen molar-refractivity contribution < 1.29 is 24.2 Å². The number of carbonyl (C=O) groups is 2. The van der Waals surface area contributed by atoms with Crippen molar-refractivity contribution in [1.82, 2.24) is 4.57 Å². The standard InChI is InChI=1S/C26H25NO5/c1-2-31-26(30)20-9-8-19(12-20)15-27-16-21(13-25(28)29)23-14-22(10-11-24(23)27)32-17-18-6-4-3-5-7-18/h3-11,14,16H,2,12-13,15,17H2,1H3,(H,28,29). The van der Waals surface area contributed by atoms with Crippen molar-refractivity contribution in [1.29, 1.82) is 0 Å². The molecule has 1 aromatic heterocycles. The van der Waals surface area contributed by atoms with E-state index in [2.05, 4.69) is 0 Å². The van der Waals surface area contributed by atoms with E-state index in [0.717, 1.165) is 27.6 Å². The third-order valence-corrected chi connectivity index (χ3v) is 5.37. The Morgan fingerprint density at radius 1 is 1.09 bits per heavy atom. The Kier molecular flexibility index (Phi) is 6.40. The van der Waals surface area contributed by atoms with E-state index in [9.17, 15) is 14.7 Å². The van der Waals surface area contributed by atoms with Crippen LogP contribution in [0.2, 0.25) is 0 Å². The van der Waals surface area contributed by atoms with E-state index in [-0.39, 0.29) is 12.4 Å². The summed E-state index contributed by atoms with van der Waals surface area (Å²) in [5.74, 6) is -0.481. The second-order valence-electron chi connectivity index (χ2n) is 7.72. The number of nitrogens with zero attached hydrogens (tertiary/aromatic N) is 1. The lowest BCUT2D eigenvalue weighted by atomic mass is 10.1. The highest BCUT2D eigenvalue weighted by molar-refractivity contribution is 5.91. The van der Waals surface area contributed by atoms with Gasteiger partial charge in [-0.25, -0.2) is 4.79 Å². The maximum Gasteiger partial charge on any atom is 0.334 e. The number of carboxylic acids is 1. The van der Waals surface area contributed by atoms with E-state index in [0.29, 0.717) is 37.5 Å². The molecule has 1 aliphatic carbocycles. The van der Waals surface area contributed by atoms with E-state index in [1.165, 1.54) is 0 Å². The first-order valence-electron chi connectivity index (χ1n) is 10.6. The Morgan fingerprint density at radius 2 is 1.91 bits per heavy atom. The molecule has 0 atom stereocenters. The van der Waals surface area contributed by atoms with Gasteiger partial charge in [-0.15, -0.1) is 0 Å². The highest BCUT2D eigenvalue weighted by Gasteiger charge is 2.19. The molecule has 1 N–H and O–H groups in total. The van der Waals surface area contributed by atoms with Crippen molar-refractivity contribution in [2.24, 2.45) is 0 Å². The smallest absolute Gasteiger partial charge is 0.334 e. The van der Waals surface area contributed by atoms with Crippen LogP contribution < -0.4 is 4.74 Å². The molecule has 0 aliphatic heterocycles. The van der Waals surface area contributed by atoms with Gasteiger partial charge in [0.1, 0.15) is 12.4 Å². The van der Waals surface area contributed by atoms with E-state index in [1.807, 2.05) is 65.4 Å². The van der Waals surface area contributed by atoms with Crippen LogP contribution in [0.4, 0.5) is 0 Å². The van der Waals surface area contributed by atoms with Gasteiger partial charge in [0, 0.05) is 35.6 Å². The molecule has 0 amide bonds. The first-order valence-corrected chi connectivity index (χ1v) is 10.6. The van der Waals surface area contributed by atoms with Crippen LogP contribution in [-0.2, 0) is 33.9 Å². The molecule has 2 aromatic carbocycles. The average molecular weight is 431 g/mol. The van der Waals surface area contributed by atoms with Crippen molar-refractivity contribution in [2.75, 3.05) is 6.61 Å². The van der Waals surface area contributed by atoms with Gasteiger partial charge < -0.3 is 19.1 Å². The highest BCUT2D eigenvalue weighted by atomic mass is 16.5. The van der Waals surface area contributed by atoms with Crippen molar-refractivity contribution in [3.8, 4) is 5.75 Å². The zero-order chi connectivity index (χ0) is 22.5. The van der Waals surface area contributed by atoms with Gasteiger partial charge in [0.05, 0.1) is 13.0 Å². The van der Waals surface area contributed by atoms with Crippen molar-refractivity contribution >= 4 is 22.8 Å². The van der Waals surface area contributed by atoms with Gasteiger partial charge in [-0.2, -0.15) is 0 Å². The Balaban J connectivity index is 1.54. The average Bonchev–Trinajstić information content (AvgIpc) is 3.38. The first-order chi connectivity index (χ1) is 15.5. The summed E-state index contributed by atoms with van der Waals surface area (Å²) < 4.78 is 13.1. The molecule has 1 aliphatic rings. The number of carbonyl (C=O) groups excluding carboxylic acids is 1. The number of carboxylic acid groups (broad SMARTS) is 1. The fourth-order valence-corrected chi connectivity index (χ4v) is 3.89. The Bertz CT molecular complexity index is 1200. The molecule has 0 spiro atoms. The van der Waals surface area contributed by atoms with Crippen molar-refractivity contribution in [2.45, 2.75) is 32.9 Å². The molecule has 0 unspecified atom stereocenters. The summed E-state index contributed by atoms with van der Waals surface area (Å²) in [6.45, 7) is 3.15. The molecule has 4 rings (SSSR count). The normalized spacial score (nSPS) is 13.0. The van der Waals surface area contributed by atoms with Crippen LogP contribution in [0.15, 0.2) is 78.0 Å². The summed E-state index contributed by atoms with van der Waals surface area (Å²) in [6.07, 6.45) is 6.07. The quantitative estimate of drug-likeness (QED) is 0.498. The van der Waals surface area contributed by atoms with Crippen LogP contribution >= 0.6 is 0 Å². The van der Waals surface area contributed by atoms with E-state index >= 15 is 0 Å². The minimum atomic E-state index is -0.883. The number of hydrogen-bond acceptors (Lipinski definition) is 4. The number of benzene rings is 2. The molecule has 164 valence electrons. The SMILES string of the molecule is CCOC(=O)C1=CC=C(Cn2cc(CC(=O)O)c3cc(OCc4ccccc4)ccc32)C1. The molecular weight excluding hydrogens is 406 g/mol. The molecule has 0 fully saturated rings. The summed E-state index contributed by atoms with van der Waals surface area (Å²) in [6, 6.07) is 15.6. The second-order valence-corrected chi connectivity index (χ2v) is 7.72. The van der Waals surface area contributed by atoms with Gasteiger partial charge in [-0.1, -0.05) is 42.5 Å². The molecule has 0 bridgehead atoms. The lowest BCUT2D eigenvalue weighted by Crippen LogP contribution is -2.07. The molecule has 32 heavy (non-hydrogen) atoms. The summed E-state index contributed by atoms with van der Waals surface area (Å²) in [5, 5.41) is 10.2. The molecule has 0 saturated heterocycles. The van der Waals surface area contributed by atoms with Crippen LogP contribution in [0, 0.1) is 0 Å². The van der Waals surface area contributed by atoms with Gasteiger partial charge >= 0.3 is 11.9 Å². The third-order valence-electron chi connectivity index (χ3n) is 5.37. The number of ether oxygens (including phenoxy) is 2.